The average molecular weight is 713 g/mol. The summed E-state index contributed by atoms with van der Waals surface area (Å²) in [6.07, 6.45) is 1.67. The predicted molar refractivity (Wildman–Crippen MR) is 154 cm³/mol. The molecule has 0 spiro atoms. The van der Waals surface area contributed by atoms with Crippen molar-refractivity contribution in [3.8, 4) is 5.75 Å². The van der Waals surface area contributed by atoms with Crippen LogP contribution in [0.3, 0.4) is 0 Å². The topological polar surface area (TPSA) is 72.9 Å². The minimum absolute atomic E-state index is 0.182. The van der Waals surface area contributed by atoms with E-state index < -0.39 is 23.2 Å². The van der Waals surface area contributed by atoms with Gasteiger partial charge in [-0.3, -0.25) is 14.5 Å². The van der Waals surface area contributed by atoms with Crippen molar-refractivity contribution in [1.29, 1.82) is 0 Å². The average Bonchev–Trinajstić information content (AvgIpc) is 3.10. The minimum atomic E-state index is -0.973. The van der Waals surface area contributed by atoms with Crippen LogP contribution in [0.4, 0.5) is 4.79 Å². The van der Waals surface area contributed by atoms with Gasteiger partial charge in [0, 0.05) is 0 Å². The molecule has 2 amide bonds. The number of ether oxygens (including phenoxy) is 2. The highest BCUT2D eigenvalue weighted by molar-refractivity contribution is 14.1. The molecule has 1 saturated heterocycles. The van der Waals surface area contributed by atoms with Crippen LogP contribution in [0.15, 0.2) is 59.5 Å². The third-order valence-corrected chi connectivity index (χ3v) is 7.84. The lowest BCUT2D eigenvalue weighted by molar-refractivity contribution is -0.150. The first-order valence-corrected chi connectivity index (χ1v) is 13.8. The SMILES string of the molecule is CCOC(=O)[C@@H](C)N1C(=O)S/C(=C/c2cc(I)c(OCc3ccc4ccccc4c3)c(I)c2)C1=O. The van der Waals surface area contributed by atoms with Crippen molar-refractivity contribution in [3.63, 3.8) is 0 Å². The molecule has 1 aliphatic heterocycles. The second-order valence-electron chi connectivity index (χ2n) is 7.76. The molecule has 0 radical (unpaired) electrons. The normalized spacial score (nSPS) is 15.7. The van der Waals surface area contributed by atoms with Crippen molar-refractivity contribution in [3.05, 3.63) is 77.8 Å². The zero-order valence-electron chi connectivity index (χ0n) is 18.9. The Hall–Kier alpha value is -2.12. The quantitative estimate of drug-likeness (QED) is 0.156. The fraction of sp³-hybridized carbons (Fsp3) is 0.192. The number of rotatable bonds is 7. The smallest absolute Gasteiger partial charge is 0.329 e. The van der Waals surface area contributed by atoms with E-state index in [0.29, 0.717) is 6.61 Å². The molecule has 1 fully saturated rings. The van der Waals surface area contributed by atoms with Crippen LogP contribution in [0, 0.1) is 7.14 Å². The van der Waals surface area contributed by atoms with E-state index in [2.05, 4.69) is 75.5 Å². The van der Waals surface area contributed by atoms with Crippen LogP contribution >= 0.6 is 56.9 Å². The summed E-state index contributed by atoms with van der Waals surface area (Å²) in [5, 5.41) is 1.87. The van der Waals surface area contributed by atoms with Crippen molar-refractivity contribution in [1.82, 2.24) is 4.90 Å². The Kier molecular flexibility index (Phi) is 8.38. The van der Waals surface area contributed by atoms with Gasteiger partial charge in [-0.2, -0.15) is 0 Å². The highest BCUT2D eigenvalue weighted by atomic mass is 127. The Labute approximate surface area is 234 Å². The Balaban J connectivity index is 1.50. The Morgan fingerprint density at radius 3 is 2.43 bits per heavy atom. The van der Waals surface area contributed by atoms with E-state index in [4.69, 9.17) is 9.47 Å². The summed E-state index contributed by atoms with van der Waals surface area (Å²) < 4.78 is 12.9. The van der Waals surface area contributed by atoms with Crippen molar-refractivity contribution in [2.75, 3.05) is 6.61 Å². The van der Waals surface area contributed by atoms with Gasteiger partial charge in [-0.25, -0.2) is 4.79 Å². The molecule has 6 nitrogen and oxygen atoms in total. The molecule has 9 heteroatoms. The van der Waals surface area contributed by atoms with Gasteiger partial charge in [-0.05, 0) is 117 Å². The summed E-state index contributed by atoms with van der Waals surface area (Å²) in [5.74, 6) is -0.337. The minimum Gasteiger partial charge on any atom is -0.487 e. The number of thioether (sulfide) groups is 1. The molecule has 35 heavy (non-hydrogen) atoms. The fourth-order valence-electron chi connectivity index (χ4n) is 3.62. The maximum atomic E-state index is 12.8. The zero-order chi connectivity index (χ0) is 25.1. The maximum absolute atomic E-state index is 12.8. The van der Waals surface area contributed by atoms with Crippen LogP contribution in [0.1, 0.15) is 25.0 Å². The molecule has 4 rings (SSSR count). The standard InChI is InChI=1S/C26H21I2NO5S/c1-3-33-25(31)15(2)29-24(30)22(35-26(29)32)13-17-11-20(27)23(21(28)12-17)34-14-16-8-9-18-6-4-5-7-19(18)10-16/h4-13,15H,3,14H2,1-2H3/b22-13+/t15-/m1/s1. The molecular formula is C26H21I2NO5S. The summed E-state index contributed by atoms with van der Waals surface area (Å²) in [4.78, 5) is 38.5. The number of benzene rings is 3. The first kappa shape index (κ1) is 26.0. The second kappa shape index (κ2) is 11.3. The first-order chi connectivity index (χ1) is 16.8. The third-order valence-electron chi connectivity index (χ3n) is 5.35. The van der Waals surface area contributed by atoms with E-state index >= 15 is 0 Å². The number of esters is 1. The van der Waals surface area contributed by atoms with Crippen LogP contribution in [0.25, 0.3) is 16.8 Å². The van der Waals surface area contributed by atoms with E-state index in [1.54, 1.807) is 13.0 Å². The van der Waals surface area contributed by atoms with E-state index in [1.165, 1.54) is 17.7 Å². The molecule has 0 aromatic heterocycles. The van der Waals surface area contributed by atoms with Gasteiger partial charge in [0.1, 0.15) is 18.4 Å². The molecule has 1 aliphatic rings. The number of carbonyl (C=O) groups is 3. The summed E-state index contributed by atoms with van der Waals surface area (Å²) in [5.41, 5.74) is 1.84. The van der Waals surface area contributed by atoms with Gasteiger partial charge in [0.15, 0.2) is 0 Å². The van der Waals surface area contributed by atoms with E-state index in [-0.39, 0.29) is 11.5 Å². The van der Waals surface area contributed by atoms with E-state index in [9.17, 15) is 14.4 Å². The number of imide groups is 1. The van der Waals surface area contributed by atoms with Crippen molar-refractivity contribution < 1.29 is 23.9 Å². The number of amides is 2. The lowest BCUT2D eigenvalue weighted by Crippen LogP contribution is -2.42. The lowest BCUT2D eigenvalue weighted by atomic mass is 10.1. The summed E-state index contributed by atoms with van der Waals surface area (Å²) in [7, 11) is 0. The van der Waals surface area contributed by atoms with Crippen LogP contribution in [-0.2, 0) is 20.9 Å². The molecule has 0 N–H and O–H groups in total. The van der Waals surface area contributed by atoms with Crippen LogP contribution in [0.2, 0.25) is 0 Å². The molecular weight excluding hydrogens is 692 g/mol. The van der Waals surface area contributed by atoms with Gasteiger partial charge in [0.05, 0.1) is 18.7 Å². The van der Waals surface area contributed by atoms with Gasteiger partial charge >= 0.3 is 5.97 Å². The van der Waals surface area contributed by atoms with Gasteiger partial charge < -0.3 is 9.47 Å². The van der Waals surface area contributed by atoms with Gasteiger partial charge in [-0.15, -0.1) is 0 Å². The molecule has 0 aliphatic carbocycles. The molecule has 1 heterocycles. The fourth-order valence-corrected chi connectivity index (χ4v) is 6.65. The Morgan fingerprint density at radius 2 is 1.74 bits per heavy atom. The molecule has 3 aromatic carbocycles. The zero-order valence-corrected chi connectivity index (χ0v) is 24.0. The van der Waals surface area contributed by atoms with E-state index in [0.717, 1.165) is 40.7 Å². The molecule has 0 unspecified atom stereocenters. The third kappa shape index (κ3) is 5.83. The number of halogens is 2. The van der Waals surface area contributed by atoms with Gasteiger partial charge in [-0.1, -0.05) is 36.4 Å². The molecule has 180 valence electrons. The highest BCUT2D eigenvalue weighted by Gasteiger charge is 2.41. The van der Waals surface area contributed by atoms with Gasteiger partial charge in [0.25, 0.3) is 11.1 Å². The summed E-state index contributed by atoms with van der Waals surface area (Å²) >= 11 is 5.23. The molecule has 3 aromatic rings. The van der Waals surface area contributed by atoms with Crippen LogP contribution < -0.4 is 4.74 Å². The number of nitrogens with zero attached hydrogens (tertiary/aromatic N) is 1. The Morgan fingerprint density at radius 1 is 1.06 bits per heavy atom. The largest absolute Gasteiger partial charge is 0.487 e. The monoisotopic (exact) mass is 713 g/mol. The number of hydrogen-bond acceptors (Lipinski definition) is 6. The predicted octanol–water partition coefficient (Wildman–Crippen LogP) is 6.62. The Bertz CT molecular complexity index is 1330. The molecule has 0 bridgehead atoms. The maximum Gasteiger partial charge on any atom is 0.329 e. The first-order valence-electron chi connectivity index (χ1n) is 10.8. The summed E-state index contributed by atoms with van der Waals surface area (Å²) in [6, 6.07) is 17.3. The summed E-state index contributed by atoms with van der Waals surface area (Å²) in [6.45, 7) is 3.78. The van der Waals surface area contributed by atoms with E-state index in [1.807, 2.05) is 24.3 Å². The second-order valence-corrected chi connectivity index (χ2v) is 11.1. The number of fused-ring (bicyclic) bond motifs is 1. The van der Waals surface area contributed by atoms with Crippen molar-refractivity contribution in [2.24, 2.45) is 0 Å². The van der Waals surface area contributed by atoms with Crippen LogP contribution in [-0.4, -0.2) is 34.7 Å². The highest BCUT2D eigenvalue weighted by Crippen LogP contribution is 2.36. The molecule has 0 saturated carbocycles. The van der Waals surface area contributed by atoms with Crippen LogP contribution in [0.5, 0.6) is 5.75 Å². The molecule has 1 atom stereocenters. The number of carbonyl (C=O) groups excluding carboxylic acids is 3. The van der Waals surface area contributed by atoms with Crippen molar-refractivity contribution >= 4 is 90.9 Å². The number of hydrogen-bond donors (Lipinski definition) is 0. The lowest BCUT2D eigenvalue weighted by Gasteiger charge is -2.19. The van der Waals surface area contributed by atoms with Gasteiger partial charge in [0.2, 0.25) is 0 Å². The van der Waals surface area contributed by atoms with Crippen molar-refractivity contribution in [2.45, 2.75) is 26.5 Å².